The molecule has 0 saturated carbocycles. The Hall–Kier alpha value is -2.17. The monoisotopic (exact) mass is 316 g/mol. The van der Waals surface area contributed by atoms with Gasteiger partial charge in [-0.1, -0.05) is 38.0 Å². The fraction of sp³-hybridized carbons (Fsp3) is 0.500. The molecule has 0 aliphatic carbocycles. The maximum atomic E-state index is 12.9. The van der Waals surface area contributed by atoms with Crippen LogP contribution in [0.1, 0.15) is 54.9 Å². The summed E-state index contributed by atoms with van der Waals surface area (Å²) in [5, 5.41) is 2.35. The minimum atomic E-state index is -0.559. The van der Waals surface area contributed by atoms with Gasteiger partial charge in [-0.3, -0.25) is 19.7 Å². The normalized spacial score (nSPS) is 17.7. The molecule has 1 aromatic carbocycles. The van der Waals surface area contributed by atoms with Gasteiger partial charge in [0.2, 0.25) is 11.8 Å². The third kappa shape index (κ3) is 4.18. The summed E-state index contributed by atoms with van der Waals surface area (Å²) in [6.45, 7) is 4.52. The number of nitrogens with zero attached hydrogens (tertiary/aromatic N) is 1. The molecule has 1 N–H and O–H groups in total. The molecule has 0 aromatic heterocycles. The summed E-state index contributed by atoms with van der Waals surface area (Å²) >= 11 is 0. The van der Waals surface area contributed by atoms with Crippen LogP contribution in [0.15, 0.2) is 24.3 Å². The van der Waals surface area contributed by atoms with Crippen molar-refractivity contribution in [3.8, 4) is 0 Å². The summed E-state index contributed by atoms with van der Waals surface area (Å²) in [5.41, 5.74) is 1.51. The van der Waals surface area contributed by atoms with Crippen molar-refractivity contribution in [1.82, 2.24) is 10.2 Å². The van der Waals surface area contributed by atoms with E-state index in [0.29, 0.717) is 18.5 Å². The number of piperidine rings is 1. The molecule has 124 valence electrons. The number of carbonyl (C=O) groups excluding carboxylic acids is 3. The lowest BCUT2D eigenvalue weighted by atomic mass is 10.0. The fourth-order valence-corrected chi connectivity index (χ4v) is 2.88. The van der Waals surface area contributed by atoms with Gasteiger partial charge in [-0.05, 0) is 31.4 Å². The number of imide groups is 1. The molecule has 3 amide bonds. The van der Waals surface area contributed by atoms with Crippen molar-refractivity contribution in [3.63, 3.8) is 0 Å². The van der Waals surface area contributed by atoms with Gasteiger partial charge in [-0.2, -0.15) is 0 Å². The minimum Gasteiger partial charge on any atom is -0.327 e. The van der Waals surface area contributed by atoms with Crippen LogP contribution >= 0.6 is 0 Å². The summed E-state index contributed by atoms with van der Waals surface area (Å²) in [5.74, 6) is -0.753. The van der Waals surface area contributed by atoms with Crippen LogP contribution < -0.4 is 5.32 Å². The topological polar surface area (TPSA) is 66.5 Å². The molecule has 0 spiro atoms. The Balaban J connectivity index is 2.23. The van der Waals surface area contributed by atoms with E-state index in [1.165, 1.54) is 0 Å². The molecular weight excluding hydrogens is 292 g/mol. The van der Waals surface area contributed by atoms with Crippen LogP contribution in [0.2, 0.25) is 0 Å². The fourth-order valence-electron chi connectivity index (χ4n) is 2.88. The van der Waals surface area contributed by atoms with E-state index in [9.17, 15) is 14.4 Å². The molecule has 2 rings (SSSR count). The van der Waals surface area contributed by atoms with Gasteiger partial charge >= 0.3 is 0 Å². The molecule has 1 atom stereocenters. The molecule has 1 aliphatic rings. The number of rotatable bonds is 6. The van der Waals surface area contributed by atoms with Gasteiger partial charge < -0.3 is 4.90 Å². The zero-order valence-electron chi connectivity index (χ0n) is 13.8. The molecular formula is C18H24N2O3. The van der Waals surface area contributed by atoms with Gasteiger partial charge in [0.15, 0.2) is 0 Å². The molecule has 1 unspecified atom stereocenters. The van der Waals surface area contributed by atoms with Gasteiger partial charge in [0, 0.05) is 18.5 Å². The first-order chi connectivity index (χ1) is 11.0. The molecule has 1 saturated heterocycles. The standard InChI is InChI=1S/C18H24N2O3/c1-3-4-7-12-20(15-10-11-16(21)19-17(15)22)18(23)14-9-6-5-8-13(14)2/h5-6,8-9,15H,3-4,7,10-12H2,1-2H3,(H,19,21,22). The highest BCUT2D eigenvalue weighted by Crippen LogP contribution is 2.19. The van der Waals surface area contributed by atoms with Gasteiger partial charge in [-0.15, -0.1) is 0 Å². The summed E-state index contributed by atoms with van der Waals surface area (Å²) < 4.78 is 0. The number of carbonyl (C=O) groups is 3. The summed E-state index contributed by atoms with van der Waals surface area (Å²) in [4.78, 5) is 38.1. The lowest BCUT2D eigenvalue weighted by Crippen LogP contribution is -2.54. The van der Waals surface area contributed by atoms with E-state index in [2.05, 4.69) is 12.2 Å². The Bertz CT molecular complexity index is 598. The Morgan fingerprint density at radius 3 is 2.65 bits per heavy atom. The largest absolute Gasteiger partial charge is 0.327 e. The van der Waals surface area contributed by atoms with E-state index >= 15 is 0 Å². The molecule has 1 aliphatic heterocycles. The van der Waals surface area contributed by atoms with Crippen LogP contribution in [-0.4, -0.2) is 35.2 Å². The zero-order valence-corrected chi connectivity index (χ0v) is 13.8. The molecule has 1 heterocycles. The van der Waals surface area contributed by atoms with E-state index in [-0.39, 0.29) is 24.1 Å². The van der Waals surface area contributed by atoms with Crippen molar-refractivity contribution in [2.45, 2.75) is 52.0 Å². The Labute approximate surface area is 137 Å². The minimum absolute atomic E-state index is 0.131. The van der Waals surface area contributed by atoms with Gasteiger partial charge in [0.25, 0.3) is 5.91 Å². The lowest BCUT2D eigenvalue weighted by Gasteiger charge is -2.33. The van der Waals surface area contributed by atoms with Crippen molar-refractivity contribution in [1.29, 1.82) is 0 Å². The van der Waals surface area contributed by atoms with Crippen molar-refractivity contribution in [3.05, 3.63) is 35.4 Å². The average Bonchev–Trinajstić information content (AvgIpc) is 2.52. The smallest absolute Gasteiger partial charge is 0.254 e. The Kier molecular flexibility index (Phi) is 5.90. The summed E-state index contributed by atoms with van der Waals surface area (Å²) in [6, 6.07) is 6.84. The number of amides is 3. The second-order valence-corrected chi connectivity index (χ2v) is 5.99. The van der Waals surface area contributed by atoms with Crippen molar-refractivity contribution in [2.24, 2.45) is 0 Å². The van der Waals surface area contributed by atoms with Crippen LogP contribution in [0.4, 0.5) is 0 Å². The van der Waals surface area contributed by atoms with Crippen LogP contribution in [0.25, 0.3) is 0 Å². The maximum absolute atomic E-state index is 12.9. The lowest BCUT2D eigenvalue weighted by molar-refractivity contribution is -0.136. The van der Waals surface area contributed by atoms with Gasteiger partial charge in [0.05, 0.1) is 0 Å². The molecule has 5 nitrogen and oxygen atoms in total. The second-order valence-electron chi connectivity index (χ2n) is 5.99. The SMILES string of the molecule is CCCCCN(C(=O)c1ccccc1C)C1CCC(=O)NC1=O. The molecule has 23 heavy (non-hydrogen) atoms. The van der Waals surface area contributed by atoms with Crippen LogP contribution in [0, 0.1) is 6.92 Å². The molecule has 5 heteroatoms. The van der Waals surface area contributed by atoms with E-state index in [4.69, 9.17) is 0 Å². The quantitative estimate of drug-likeness (QED) is 0.647. The zero-order chi connectivity index (χ0) is 16.8. The first kappa shape index (κ1) is 17.2. The van der Waals surface area contributed by atoms with Crippen molar-refractivity contribution >= 4 is 17.7 Å². The first-order valence-corrected chi connectivity index (χ1v) is 8.25. The predicted octanol–water partition coefficient (Wildman–Crippen LogP) is 2.43. The van der Waals surface area contributed by atoms with Crippen LogP contribution in [0.5, 0.6) is 0 Å². The Morgan fingerprint density at radius 2 is 2.00 bits per heavy atom. The Morgan fingerprint density at radius 1 is 1.26 bits per heavy atom. The highest BCUT2D eigenvalue weighted by Gasteiger charge is 2.34. The van der Waals surface area contributed by atoms with E-state index in [1.807, 2.05) is 25.1 Å². The number of nitrogens with one attached hydrogen (secondary N) is 1. The maximum Gasteiger partial charge on any atom is 0.254 e. The van der Waals surface area contributed by atoms with E-state index in [0.717, 1.165) is 24.8 Å². The molecule has 0 bridgehead atoms. The molecule has 1 fully saturated rings. The van der Waals surface area contributed by atoms with E-state index in [1.54, 1.807) is 11.0 Å². The average molecular weight is 316 g/mol. The highest BCUT2D eigenvalue weighted by atomic mass is 16.2. The molecule has 1 aromatic rings. The van der Waals surface area contributed by atoms with Crippen molar-refractivity contribution in [2.75, 3.05) is 6.54 Å². The van der Waals surface area contributed by atoms with Crippen LogP contribution in [-0.2, 0) is 9.59 Å². The van der Waals surface area contributed by atoms with E-state index < -0.39 is 6.04 Å². The number of hydrogen-bond donors (Lipinski definition) is 1. The first-order valence-electron chi connectivity index (χ1n) is 8.25. The highest BCUT2D eigenvalue weighted by molar-refractivity contribution is 6.04. The van der Waals surface area contributed by atoms with Crippen LogP contribution in [0.3, 0.4) is 0 Å². The number of aryl methyl sites for hydroxylation is 1. The van der Waals surface area contributed by atoms with Gasteiger partial charge in [0.1, 0.15) is 6.04 Å². The van der Waals surface area contributed by atoms with Gasteiger partial charge in [-0.25, -0.2) is 0 Å². The third-order valence-corrected chi connectivity index (χ3v) is 4.23. The predicted molar refractivity (Wildman–Crippen MR) is 87.9 cm³/mol. The second kappa shape index (κ2) is 7.90. The van der Waals surface area contributed by atoms with Crippen molar-refractivity contribution < 1.29 is 14.4 Å². The third-order valence-electron chi connectivity index (χ3n) is 4.23. The molecule has 0 radical (unpaired) electrons. The summed E-state index contributed by atoms with van der Waals surface area (Å²) in [7, 11) is 0. The number of unbranched alkanes of at least 4 members (excludes halogenated alkanes) is 2. The number of hydrogen-bond acceptors (Lipinski definition) is 3. The number of benzene rings is 1. The summed E-state index contributed by atoms with van der Waals surface area (Å²) in [6.07, 6.45) is 3.58.